The number of aromatic amines is 1. The van der Waals surface area contributed by atoms with Gasteiger partial charge in [0.1, 0.15) is 23.4 Å². The van der Waals surface area contributed by atoms with E-state index in [1.54, 1.807) is 11.1 Å². The van der Waals surface area contributed by atoms with E-state index in [0.29, 0.717) is 36.4 Å². The summed E-state index contributed by atoms with van der Waals surface area (Å²) in [7, 11) is 2.57. The van der Waals surface area contributed by atoms with E-state index >= 15 is 0 Å². The van der Waals surface area contributed by atoms with Crippen LogP contribution in [-0.2, 0) is 19.1 Å². The van der Waals surface area contributed by atoms with Gasteiger partial charge in [-0.05, 0) is 54.7 Å². The van der Waals surface area contributed by atoms with Crippen LogP contribution in [0.5, 0.6) is 0 Å². The minimum absolute atomic E-state index is 0. The first kappa shape index (κ1) is 41.6. The largest absolute Gasteiger partial charge is 0.453 e. The van der Waals surface area contributed by atoms with Gasteiger partial charge < -0.3 is 39.3 Å². The summed E-state index contributed by atoms with van der Waals surface area (Å²) in [5.41, 5.74) is 7.49. The lowest BCUT2D eigenvalue weighted by atomic mass is 9.99. The number of nitrogens with zero attached hydrogens (tertiary/aromatic N) is 5. The number of carbonyl (C=O) groups excluding carboxylic acids is 4. The number of aliphatic imine (C=N–C) groups is 1. The van der Waals surface area contributed by atoms with Crippen LogP contribution in [0.15, 0.2) is 64.5 Å². The molecule has 0 bridgehead atoms. The molecular weight excluding hydrogens is 741 g/mol. The predicted octanol–water partition coefficient (Wildman–Crippen LogP) is 7.12. The summed E-state index contributed by atoms with van der Waals surface area (Å²) in [4.78, 5) is 72.6. The normalized spacial score (nSPS) is 18.8. The van der Waals surface area contributed by atoms with Crippen molar-refractivity contribution in [3.63, 3.8) is 0 Å². The van der Waals surface area contributed by atoms with Crippen molar-refractivity contribution in [1.82, 2.24) is 35.4 Å². The number of methoxy groups -OCH3 is 2. The van der Waals surface area contributed by atoms with Gasteiger partial charge in [0, 0.05) is 36.3 Å². The van der Waals surface area contributed by atoms with E-state index in [0.717, 1.165) is 65.0 Å². The Labute approximate surface area is 338 Å². The molecule has 0 radical (unpaired) electrons. The van der Waals surface area contributed by atoms with Crippen molar-refractivity contribution in [3.05, 3.63) is 66.5 Å². The van der Waals surface area contributed by atoms with Crippen molar-refractivity contribution in [2.24, 2.45) is 16.8 Å². The van der Waals surface area contributed by atoms with Crippen LogP contribution in [0.1, 0.15) is 84.7 Å². The highest BCUT2D eigenvalue weighted by Gasteiger charge is 2.39. The molecule has 308 valence electrons. The monoisotopic (exact) mass is 794 g/mol. The van der Waals surface area contributed by atoms with Gasteiger partial charge in [0.15, 0.2) is 12.0 Å². The molecule has 0 saturated carbocycles. The highest BCUT2D eigenvalue weighted by Crippen LogP contribution is 2.38. The zero-order valence-electron chi connectivity index (χ0n) is 33.2. The molecule has 0 aliphatic carbocycles. The predicted molar refractivity (Wildman–Crippen MR) is 221 cm³/mol. The van der Waals surface area contributed by atoms with Crippen molar-refractivity contribution in [1.29, 1.82) is 0 Å². The van der Waals surface area contributed by atoms with Gasteiger partial charge in [0.2, 0.25) is 11.8 Å². The third kappa shape index (κ3) is 8.20. The first-order chi connectivity index (χ1) is 27.5. The number of benzene rings is 2. The number of fused-ring (bicyclic) bond motifs is 1. The molecule has 15 heteroatoms. The van der Waals surface area contributed by atoms with Gasteiger partial charge in [-0.3, -0.25) is 14.6 Å². The summed E-state index contributed by atoms with van der Waals surface area (Å²) in [6.45, 7) is 8.78. The number of carbonyl (C=O) groups is 4. The molecule has 7 rings (SSSR count). The molecule has 3 aliphatic heterocycles. The van der Waals surface area contributed by atoms with Gasteiger partial charge in [-0.1, -0.05) is 71.5 Å². The highest BCUT2D eigenvalue weighted by atomic mass is 16.5. The number of imidazole rings is 1. The number of nitrogens with one attached hydrogen (secondary N) is 3. The molecule has 3 aliphatic rings. The maximum absolute atomic E-state index is 13.7. The van der Waals surface area contributed by atoms with E-state index in [4.69, 9.17) is 18.9 Å². The van der Waals surface area contributed by atoms with Crippen molar-refractivity contribution < 1.29 is 33.1 Å². The summed E-state index contributed by atoms with van der Waals surface area (Å²) in [5, 5.41) is 5.40. The lowest BCUT2D eigenvalue weighted by Crippen LogP contribution is -2.53. The van der Waals surface area contributed by atoms with Crippen LogP contribution in [0.3, 0.4) is 0 Å². The second-order valence-electron chi connectivity index (χ2n) is 15.4. The molecule has 4 amide bonds. The zero-order valence-corrected chi connectivity index (χ0v) is 33.2. The SMILES string of the molecule is C.COC(=O)N[C@H](C(=O)N1CCC[C@H]1C1=NC(c2ccc(-c3ccc(-c4cnc([C@@H]5CCCN5C(=O)[C@@H](NC(=O)OC)C(C)C)[nH]4)cc3)c3ncoc23)=CC1)C(C)C. The van der Waals surface area contributed by atoms with Crippen molar-refractivity contribution >= 4 is 46.5 Å². The number of alkyl carbamates (subject to hydrolysis) is 2. The first-order valence-electron chi connectivity index (χ1n) is 19.6. The van der Waals surface area contributed by atoms with E-state index in [9.17, 15) is 19.2 Å². The second-order valence-corrected chi connectivity index (χ2v) is 15.4. The number of rotatable bonds is 11. The Morgan fingerprint density at radius 1 is 0.793 bits per heavy atom. The minimum atomic E-state index is -0.702. The number of hydrogen-bond acceptors (Lipinski definition) is 10. The van der Waals surface area contributed by atoms with E-state index in [2.05, 4.69) is 31.7 Å². The third-order valence-corrected chi connectivity index (χ3v) is 11.2. The van der Waals surface area contributed by atoms with Crippen molar-refractivity contribution in [3.8, 4) is 22.4 Å². The van der Waals surface area contributed by atoms with Crippen LogP contribution in [0.25, 0.3) is 39.2 Å². The molecule has 4 aromatic rings. The van der Waals surface area contributed by atoms with E-state index in [-0.39, 0.29) is 43.2 Å². The fourth-order valence-corrected chi connectivity index (χ4v) is 8.14. The van der Waals surface area contributed by atoms with E-state index in [1.807, 2.05) is 69.0 Å². The lowest BCUT2D eigenvalue weighted by Gasteiger charge is -2.30. The van der Waals surface area contributed by atoms with E-state index in [1.165, 1.54) is 20.6 Å². The Hall–Kier alpha value is -5.99. The molecular formula is C43H54N8O7. The maximum Gasteiger partial charge on any atom is 0.407 e. The average Bonchev–Trinajstić information content (AvgIpc) is 4.07. The minimum Gasteiger partial charge on any atom is -0.453 e. The molecule has 2 aromatic heterocycles. The number of aromatic nitrogens is 3. The number of H-pyrrole nitrogens is 1. The molecule has 3 N–H and O–H groups in total. The number of oxazole rings is 1. The van der Waals surface area contributed by atoms with E-state index < -0.39 is 24.3 Å². The van der Waals surface area contributed by atoms with Gasteiger partial charge in [-0.25, -0.2) is 19.6 Å². The summed E-state index contributed by atoms with van der Waals surface area (Å²) in [5.74, 6) is 0.192. The van der Waals surface area contributed by atoms with Gasteiger partial charge in [0.05, 0.1) is 43.9 Å². The van der Waals surface area contributed by atoms with Crippen molar-refractivity contribution in [2.45, 2.75) is 91.4 Å². The quantitative estimate of drug-likeness (QED) is 0.142. The smallest absolute Gasteiger partial charge is 0.407 e. The Kier molecular flexibility index (Phi) is 12.7. The van der Waals surface area contributed by atoms with Gasteiger partial charge in [-0.2, -0.15) is 0 Å². The summed E-state index contributed by atoms with van der Waals surface area (Å²) in [6.07, 6.45) is 7.90. The molecule has 2 fully saturated rings. The molecule has 2 saturated heterocycles. The van der Waals surface area contributed by atoms with Crippen LogP contribution in [-0.4, -0.2) is 99.9 Å². The van der Waals surface area contributed by atoms with Gasteiger partial charge >= 0.3 is 12.2 Å². The molecule has 2 aromatic carbocycles. The highest BCUT2D eigenvalue weighted by molar-refractivity contribution is 6.05. The Morgan fingerprint density at radius 2 is 1.36 bits per heavy atom. The van der Waals surface area contributed by atoms with Gasteiger partial charge in [-0.15, -0.1) is 0 Å². The van der Waals surface area contributed by atoms with Crippen LogP contribution in [0.2, 0.25) is 0 Å². The molecule has 0 unspecified atom stereocenters. The molecule has 4 atom stereocenters. The molecule has 15 nitrogen and oxygen atoms in total. The number of ether oxygens (including phenoxy) is 2. The fourth-order valence-electron chi connectivity index (χ4n) is 8.14. The molecule has 0 spiro atoms. The zero-order chi connectivity index (χ0) is 40.4. The van der Waals surface area contributed by atoms with Crippen LogP contribution < -0.4 is 10.6 Å². The van der Waals surface area contributed by atoms with Gasteiger partial charge in [0.25, 0.3) is 0 Å². The Balaban J connectivity index is 0.00000567. The summed E-state index contributed by atoms with van der Waals surface area (Å²) < 4.78 is 15.5. The lowest BCUT2D eigenvalue weighted by molar-refractivity contribution is -0.135. The topological polar surface area (TPSA) is 184 Å². The van der Waals surface area contributed by atoms with Crippen LogP contribution in [0, 0.1) is 11.8 Å². The fraction of sp³-hybridized carbons (Fsp3) is 0.465. The molecule has 5 heterocycles. The average molecular weight is 795 g/mol. The second kappa shape index (κ2) is 17.7. The molecule has 58 heavy (non-hydrogen) atoms. The van der Waals surface area contributed by atoms with Crippen LogP contribution >= 0.6 is 0 Å². The first-order valence-corrected chi connectivity index (χ1v) is 19.6. The Morgan fingerprint density at radius 3 is 1.97 bits per heavy atom. The van der Waals surface area contributed by atoms with Crippen LogP contribution in [0.4, 0.5) is 9.59 Å². The maximum atomic E-state index is 13.7. The number of allylic oxidation sites excluding steroid dienone is 1. The number of hydrogen-bond donors (Lipinski definition) is 3. The summed E-state index contributed by atoms with van der Waals surface area (Å²) >= 11 is 0. The Bertz CT molecular complexity index is 2200. The number of amides is 4. The number of likely N-dealkylation sites (tertiary alicyclic amines) is 2. The van der Waals surface area contributed by atoms with Crippen molar-refractivity contribution in [2.75, 3.05) is 27.3 Å². The standard InChI is InChI=1S/C42H50N8O7.CH4/c1-23(2)34(47-41(53)55-5)39(51)49-19-7-9-32(49)30-18-17-29(45-30)28-16-15-27(36-37(28)57-22-44-36)25-11-13-26(14-12-25)31-21-43-38(46-31)33-10-8-20-50(33)40(52)35(24(3)4)48-42(54)56-6;/h11-17,21-24,32-35H,7-10,18-20H2,1-6H3,(H,43,46)(H,47,53)(H,48,54);1H4/t32-,33-,34-,35-;/m0./s1. The summed E-state index contributed by atoms with van der Waals surface area (Å²) in [6, 6.07) is 10.4. The third-order valence-electron chi connectivity index (χ3n) is 11.2.